The lowest BCUT2D eigenvalue weighted by molar-refractivity contribution is -0.384. The number of hydrogen-bond acceptors (Lipinski definition) is 5. The van der Waals surface area contributed by atoms with E-state index in [0.29, 0.717) is 12.4 Å². The van der Waals surface area contributed by atoms with Crippen LogP contribution in [0.5, 0.6) is 0 Å². The molecule has 15 heavy (non-hydrogen) atoms. The lowest BCUT2D eigenvalue weighted by Crippen LogP contribution is -2.05. The van der Waals surface area contributed by atoms with Crippen LogP contribution in [0.25, 0.3) is 0 Å². The maximum Gasteiger partial charge on any atom is 0.330 e. The molecule has 1 N–H and O–H groups in total. The van der Waals surface area contributed by atoms with Crippen molar-refractivity contribution in [1.29, 1.82) is 0 Å². The van der Waals surface area contributed by atoms with Crippen molar-refractivity contribution >= 4 is 23.3 Å². The van der Waals surface area contributed by atoms with Crippen LogP contribution in [0.15, 0.2) is 6.20 Å². The molecule has 1 aromatic heterocycles. The summed E-state index contributed by atoms with van der Waals surface area (Å²) in [6.07, 6.45) is 4.40. The van der Waals surface area contributed by atoms with Gasteiger partial charge in [-0.25, -0.2) is 0 Å². The second-order valence-electron chi connectivity index (χ2n) is 3.07. The van der Waals surface area contributed by atoms with Gasteiger partial charge in [0.25, 0.3) is 0 Å². The molecule has 84 valence electrons. The first-order chi connectivity index (χ1) is 7.15. The standard InChI is InChI=1S/C8H14N4O2S/c1-11-6-7(12(13)14)8(10-11)9-4-3-5-15-2/h6H,3-5H2,1-2H3,(H,9,10). The normalized spacial score (nSPS) is 10.3. The van der Waals surface area contributed by atoms with Crippen molar-refractivity contribution < 1.29 is 4.92 Å². The van der Waals surface area contributed by atoms with Crippen LogP contribution in [-0.4, -0.2) is 33.3 Å². The fourth-order valence-corrected chi connectivity index (χ4v) is 1.59. The van der Waals surface area contributed by atoms with E-state index in [9.17, 15) is 10.1 Å². The number of thioether (sulfide) groups is 1. The molecule has 0 spiro atoms. The van der Waals surface area contributed by atoms with E-state index in [-0.39, 0.29) is 5.69 Å². The molecule has 0 bridgehead atoms. The Bertz CT molecular complexity index is 339. The van der Waals surface area contributed by atoms with E-state index < -0.39 is 4.92 Å². The van der Waals surface area contributed by atoms with E-state index in [1.54, 1.807) is 18.8 Å². The average Bonchev–Trinajstić information content (AvgIpc) is 2.55. The second kappa shape index (κ2) is 5.59. The van der Waals surface area contributed by atoms with Gasteiger partial charge < -0.3 is 5.32 Å². The van der Waals surface area contributed by atoms with Crippen LogP contribution < -0.4 is 5.32 Å². The van der Waals surface area contributed by atoms with E-state index in [4.69, 9.17) is 0 Å². The summed E-state index contributed by atoms with van der Waals surface area (Å²) in [6, 6.07) is 0. The predicted octanol–water partition coefficient (Wildman–Crippen LogP) is 1.49. The number of hydrogen-bond donors (Lipinski definition) is 1. The third kappa shape index (κ3) is 3.43. The molecule has 0 aromatic carbocycles. The van der Waals surface area contributed by atoms with Crippen molar-refractivity contribution in [2.45, 2.75) is 6.42 Å². The van der Waals surface area contributed by atoms with Gasteiger partial charge >= 0.3 is 5.69 Å². The minimum Gasteiger partial charge on any atom is -0.363 e. The number of anilines is 1. The van der Waals surface area contributed by atoms with Crippen molar-refractivity contribution in [2.24, 2.45) is 7.05 Å². The molecule has 0 atom stereocenters. The summed E-state index contributed by atoms with van der Waals surface area (Å²) in [7, 11) is 1.67. The average molecular weight is 230 g/mol. The first-order valence-corrected chi connectivity index (χ1v) is 5.95. The lowest BCUT2D eigenvalue weighted by Gasteiger charge is -2.00. The zero-order valence-corrected chi connectivity index (χ0v) is 9.58. The zero-order chi connectivity index (χ0) is 11.3. The summed E-state index contributed by atoms with van der Waals surface area (Å²) >= 11 is 1.75. The Hall–Kier alpha value is -1.24. The Balaban J connectivity index is 2.55. The Morgan fingerprint density at radius 1 is 1.73 bits per heavy atom. The summed E-state index contributed by atoms with van der Waals surface area (Å²) in [6.45, 7) is 0.707. The molecule has 6 nitrogen and oxygen atoms in total. The molecule has 0 fully saturated rings. The Kier molecular flexibility index (Phi) is 4.41. The highest BCUT2D eigenvalue weighted by Gasteiger charge is 2.17. The maximum atomic E-state index is 10.6. The molecule has 0 saturated carbocycles. The molecule has 0 aliphatic heterocycles. The summed E-state index contributed by atoms with van der Waals surface area (Å²) in [5.74, 6) is 1.39. The molecule has 1 heterocycles. The van der Waals surface area contributed by atoms with Gasteiger partial charge in [-0.1, -0.05) is 0 Å². The van der Waals surface area contributed by atoms with Crippen LogP contribution in [0.2, 0.25) is 0 Å². The highest BCUT2D eigenvalue weighted by Crippen LogP contribution is 2.21. The van der Waals surface area contributed by atoms with E-state index in [0.717, 1.165) is 12.2 Å². The van der Waals surface area contributed by atoms with Gasteiger partial charge in [0.15, 0.2) is 0 Å². The zero-order valence-electron chi connectivity index (χ0n) is 8.77. The van der Waals surface area contributed by atoms with Gasteiger partial charge in [-0.15, -0.1) is 5.10 Å². The van der Waals surface area contributed by atoms with E-state index >= 15 is 0 Å². The van der Waals surface area contributed by atoms with E-state index in [2.05, 4.69) is 10.4 Å². The molecular formula is C8H14N4O2S. The molecule has 0 aliphatic rings. The van der Waals surface area contributed by atoms with Crippen molar-refractivity contribution in [1.82, 2.24) is 9.78 Å². The molecule has 1 rings (SSSR count). The highest BCUT2D eigenvalue weighted by atomic mass is 32.2. The van der Waals surface area contributed by atoms with Crippen LogP contribution in [0, 0.1) is 10.1 Å². The number of aryl methyl sites for hydroxylation is 1. The third-order valence-electron chi connectivity index (χ3n) is 1.82. The van der Waals surface area contributed by atoms with Crippen molar-refractivity contribution in [3.8, 4) is 0 Å². The molecular weight excluding hydrogens is 216 g/mol. The van der Waals surface area contributed by atoms with Crippen LogP contribution >= 0.6 is 11.8 Å². The van der Waals surface area contributed by atoms with Gasteiger partial charge in [-0.2, -0.15) is 11.8 Å². The molecule has 0 saturated heterocycles. The quantitative estimate of drug-likeness (QED) is 0.455. The minimum absolute atomic E-state index is 0.0293. The van der Waals surface area contributed by atoms with Crippen LogP contribution in [0.4, 0.5) is 11.5 Å². The van der Waals surface area contributed by atoms with Gasteiger partial charge in [-0.05, 0) is 18.4 Å². The summed E-state index contributed by atoms with van der Waals surface area (Å²) in [5, 5.41) is 17.6. The molecule has 0 unspecified atom stereocenters. The largest absolute Gasteiger partial charge is 0.363 e. The topological polar surface area (TPSA) is 73.0 Å². The fourth-order valence-electron chi connectivity index (χ4n) is 1.16. The van der Waals surface area contributed by atoms with Crippen LogP contribution in [0.3, 0.4) is 0 Å². The molecule has 7 heteroatoms. The first-order valence-electron chi connectivity index (χ1n) is 4.56. The molecule has 0 radical (unpaired) electrons. The fraction of sp³-hybridized carbons (Fsp3) is 0.625. The molecule has 0 aliphatic carbocycles. The van der Waals surface area contributed by atoms with Crippen LogP contribution in [0.1, 0.15) is 6.42 Å². The SMILES string of the molecule is CSCCCNc1nn(C)cc1[N+](=O)[O-]. The van der Waals surface area contributed by atoms with E-state index in [1.807, 2.05) is 6.26 Å². The smallest absolute Gasteiger partial charge is 0.330 e. The lowest BCUT2D eigenvalue weighted by atomic mass is 10.4. The van der Waals surface area contributed by atoms with E-state index in [1.165, 1.54) is 10.9 Å². The van der Waals surface area contributed by atoms with Gasteiger partial charge in [0.2, 0.25) is 5.82 Å². The third-order valence-corrected chi connectivity index (χ3v) is 2.52. The Labute approximate surface area is 92.2 Å². The Morgan fingerprint density at radius 2 is 2.47 bits per heavy atom. The predicted molar refractivity (Wildman–Crippen MR) is 61.4 cm³/mol. The summed E-state index contributed by atoms with van der Waals surface area (Å²) < 4.78 is 1.44. The van der Waals surface area contributed by atoms with Crippen molar-refractivity contribution in [2.75, 3.05) is 23.9 Å². The molecule has 1 aromatic rings. The van der Waals surface area contributed by atoms with Crippen molar-refractivity contribution in [3.63, 3.8) is 0 Å². The number of rotatable bonds is 6. The summed E-state index contributed by atoms with van der Waals surface area (Å²) in [5.41, 5.74) is 0.0293. The van der Waals surface area contributed by atoms with Crippen molar-refractivity contribution in [3.05, 3.63) is 16.3 Å². The highest BCUT2D eigenvalue weighted by molar-refractivity contribution is 7.98. The number of nitrogens with zero attached hydrogens (tertiary/aromatic N) is 3. The molecule has 0 amide bonds. The number of nitro groups is 1. The minimum atomic E-state index is -0.427. The van der Waals surface area contributed by atoms with Gasteiger partial charge in [0.1, 0.15) is 6.20 Å². The second-order valence-corrected chi connectivity index (χ2v) is 4.05. The Morgan fingerprint density at radius 3 is 3.07 bits per heavy atom. The number of nitrogens with one attached hydrogen (secondary N) is 1. The van der Waals surface area contributed by atoms with Gasteiger partial charge in [0, 0.05) is 13.6 Å². The summed E-state index contributed by atoms with van der Waals surface area (Å²) in [4.78, 5) is 10.2. The van der Waals surface area contributed by atoms with Gasteiger partial charge in [0.05, 0.1) is 4.92 Å². The first kappa shape index (κ1) is 11.8. The monoisotopic (exact) mass is 230 g/mol. The van der Waals surface area contributed by atoms with Crippen LogP contribution in [-0.2, 0) is 7.05 Å². The maximum absolute atomic E-state index is 10.6. The number of aromatic nitrogens is 2. The van der Waals surface area contributed by atoms with Gasteiger partial charge in [-0.3, -0.25) is 14.8 Å².